The minimum absolute atomic E-state index is 0.290. The van der Waals surface area contributed by atoms with Gasteiger partial charge in [-0.25, -0.2) is 0 Å². The number of aryl methyl sites for hydroxylation is 1. The molecule has 0 bridgehead atoms. The number of hydrogen-bond acceptors (Lipinski definition) is 2. The molecule has 21 heavy (non-hydrogen) atoms. The molecule has 3 rings (SSSR count). The predicted octanol–water partition coefficient (Wildman–Crippen LogP) is 5.16. The number of rotatable bonds is 5. The zero-order valence-corrected chi connectivity index (χ0v) is 13.4. The second kappa shape index (κ2) is 6.42. The first-order valence-electron chi connectivity index (χ1n) is 7.62. The third-order valence-corrected chi connectivity index (χ3v) is 5.04. The third-order valence-electron chi connectivity index (χ3n) is 3.86. The van der Waals surface area contributed by atoms with Crippen LogP contribution in [-0.2, 0) is 6.42 Å². The van der Waals surface area contributed by atoms with E-state index >= 15 is 0 Å². The Kier molecular flexibility index (Phi) is 4.37. The van der Waals surface area contributed by atoms with Gasteiger partial charge in [0.15, 0.2) is 0 Å². The molecular weight excluding hydrogens is 274 g/mol. The quantitative estimate of drug-likeness (QED) is 0.685. The molecule has 0 fully saturated rings. The fourth-order valence-corrected chi connectivity index (χ4v) is 3.85. The molecule has 3 aromatic rings. The van der Waals surface area contributed by atoms with Crippen LogP contribution in [0, 0.1) is 0 Å². The molecule has 1 aromatic heterocycles. The van der Waals surface area contributed by atoms with Crippen LogP contribution in [-0.4, -0.2) is 6.54 Å². The van der Waals surface area contributed by atoms with Gasteiger partial charge in [-0.05, 0) is 41.6 Å². The van der Waals surface area contributed by atoms with Gasteiger partial charge >= 0.3 is 0 Å². The molecule has 1 N–H and O–H groups in total. The summed E-state index contributed by atoms with van der Waals surface area (Å²) in [5.41, 5.74) is 2.74. The molecule has 2 aromatic carbocycles. The van der Waals surface area contributed by atoms with Crippen molar-refractivity contribution in [1.29, 1.82) is 0 Å². The van der Waals surface area contributed by atoms with E-state index in [1.165, 1.54) is 26.1 Å². The molecule has 0 aliphatic heterocycles. The van der Waals surface area contributed by atoms with Gasteiger partial charge in [-0.1, -0.05) is 56.3 Å². The first-order chi connectivity index (χ1) is 10.3. The van der Waals surface area contributed by atoms with Crippen molar-refractivity contribution in [3.63, 3.8) is 0 Å². The zero-order valence-electron chi connectivity index (χ0n) is 12.6. The molecule has 0 saturated carbocycles. The molecule has 1 heterocycles. The van der Waals surface area contributed by atoms with Crippen LogP contribution in [0.2, 0.25) is 0 Å². The summed E-state index contributed by atoms with van der Waals surface area (Å²) in [5, 5.41) is 4.96. The molecule has 0 radical (unpaired) electrons. The lowest BCUT2D eigenvalue weighted by Gasteiger charge is -2.17. The molecule has 0 spiro atoms. The van der Waals surface area contributed by atoms with Crippen LogP contribution in [0.5, 0.6) is 0 Å². The largest absolute Gasteiger partial charge is 0.306 e. The van der Waals surface area contributed by atoms with Crippen molar-refractivity contribution in [2.24, 2.45) is 0 Å². The topological polar surface area (TPSA) is 12.0 Å². The summed E-state index contributed by atoms with van der Waals surface area (Å²) in [6.07, 6.45) is 1.09. The van der Waals surface area contributed by atoms with Crippen molar-refractivity contribution in [3.8, 4) is 0 Å². The van der Waals surface area contributed by atoms with E-state index in [0.717, 1.165) is 13.0 Å². The minimum atomic E-state index is 0.290. The summed E-state index contributed by atoms with van der Waals surface area (Å²) in [5.74, 6) is 0. The fraction of sp³-hybridized carbons (Fsp3) is 0.263. The maximum atomic E-state index is 3.62. The monoisotopic (exact) mass is 295 g/mol. The van der Waals surface area contributed by atoms with Crippen molar-refractivity contribution in [2.45, 2.75) is 26.3 Å². The van der Waals surface area contributed by atoms with E-state index in [-0.39, 0.29) is 0 Å². The van der Waals surface area contributed by atoms with Crippen molar-refractivity contribution < 1.29 is 0 Å². The number of benzene rings is 2. The Morgan fingerprint density at radius 1 is 1.00 bits per heavy atom. The SMILES string of the molecule is CCNC(c1ccc(CC)cc1)c1cc2ccccc2s1. The zero-order chi connectivity index (χ0) is 14.7. The average molecular weight is 295 g/mol. The van der Waals surface area contributed by atoms with Gasteiger partial charge in [-0.2, -0.15) is 0 Å². The highest BCUT2D eigenvalue weighted by Crippen LogP contribution is 2.33. The third kappa shape index (κ3) is 3.02. The predicted molar refractivity (Wildman–Crippen MR) is 93.2 cm³/mol. The van der Waals surface area contributed by atoms with Crippen molar-refractivity contribution >= 4 is 21.4 Å². The van der Waals surface area contributed by atoms with Crippen molar-refractivity contribution in [2.75, 3.05) is 6.54 Å². The molecule has 1 atom stereocenters. The molecule has 0 aliphatic rings. The van der Waals surface area contributed by atoms with Crippen molar-refractivity contribution in [1.82, 2.24) is 5.32 Å². The summed E-state index contributed by atoms with van der Waals surface area (Å²) >= 11 is 1.89. The minimum Gasteiger partial charge on any atom is -0.306 e. The van der Waals surface area contributed by atoms with Crippen LogP contribution in [0.15, 0.2) is 54.6 Å². The molecule has 0 saturated heterocycles. The van der Waals surface area contributed by atoms with Crippen molar-refractivity contribution in [3.05, 3.63) is 70.6 Å². The second-order valence-electron chi connectivity index (χ2n) is 5.27. The van der Waals surface area contributed by atoms with Gasteiger partial charge in [-0.15, -0.1) is 11.3 Å². The van der Waals surface area contributed by atoms with Crippen LogP contribution in [0.3, 0.4) is 0 Å². The molecule has 0 amide bonds. The first-order valence-corrected chi connectivity index (χ1v) is 8.44. The van der Waals surface area contributed by atoms with E-state index in [1.54, 1.807) is 0 Å². The Bertz CT molecular complexity index is 679. The van der Waals surface area contributed by atoms with Crippen LogP contribution < -0.4 is 5.32 Å². The summed E-state index contributed by atoms with van der Waals surface area (Å²) in [6.45, 7) is 5.33. The van der Waals surface area contributed by atoms with Gasteiger partial charge in [0, 0.05) is 9.58 Å². The standard InChI is InChI=1S/C19H21NS/c1-3-14-9-11-15(12-10-14)19(20-4-2)18-13-16-7-5-6-8-17(16)21-18/h5-13,19-20H,3-4H2,1-2H3. The molecular formula is C19H21NS. The summed E-state index contributed by atoms with van der Waals surface area (Å²) in [4.78, 5) is 1.39. The molecule has 1 nitrogen and oxygen atoms in total. The van der Waals surface area contributed by atoms with Crippen LogP contribution in [0.4, 0.5) is 0 Å². The summed E-state index contributed by atoms with van der Waals surface area (Å²) in [6, 6.07) is 20.2. The van der Waals surface area contributed by atoms with Gasteiger partial charge in [0.2, 0.25) is 0 Å². The van der Waals surface area contributed by atoms with E-state index < -0.39 is 0 Å². The van der Waals surface area contributed by atoms with E-state index in [1.807, 2.05) is 11.3 Å². The van der Waals surface area contributed by atoms with E-state index in [0.29, 0.717) is 6.04 Å². The summed E-state index contributed by atoms with van der Waals surface area (Å²) < 4.78 is 1.36. The smallest absolute Gasteiger partial charge is 0.0671 e. The Balaban J connectivity index is 1.99. The summed E-state index contributed by atoms with van der Waals surface area (Å²) in [7, 11) is 0. The maximum Gasteiger partial charge on any atom is 0.0671 e. The van der Waals surface area contributed by atoms with Gasteiger partial charge in [0.05, 0.1) is 6.04 Å². The van der Waals surface area contributed by atoms with Crippen LogP contribution >= 0.6 is 11.3 Å². The lowest BCUT2D eigenvalue weighted by atomic mass is 10.0. The van der Waals surface area contributed by atoms with Gasteiger partial charge in [0.25, 0.3) is 0 Å². The average Bonchev–Trinajstić information content (AvgIpc) is 2.96. The number of thiophene rings is 1. The highest BCUT2D eigenvalue weighted by atomic mass is 32.1. The Morgan fingerprint density at radius 2 is 1.76 bits per heavy atom. The fourth-order valence-electron chi connectivity index (χ4n) is 2.68. The normalized spacial score (nSPS) is 12.7. The lowest BCUT2D eigenvalue weighted by Crippen LogP contribution is -2.21. The van der Waals surface area contributed by atoms with Crippen LogP contribution in [0.25, 0.3) is 10.1 Å². The van der Waals surface area contributed by atoms with E-state index in [2.05, 4.69) is 73.8 Å². The Labute approximate surface area is 130 Å². The van der Waals surface area contributed by atoms with Gasteiger partial charge in [-0.3, -0.25) is 0 Å². The first kappa shape index (κ1) is 14.3. The highest BCUT2D eigenvalue weighted by Gasteiger charge is 2.15. The van der Waals surface area contributed by atoms with Gasteiger partial charge in [0.1, 0.15) is 0 Å². The molecule has 1 unspecified atom stereocenters. The number of nitrogens with one attached hydrogen (secondary N) is 1. The number of fused-ring (bicyclic) bond motifs is 1. The number of hydrogen-bond donors (Lipinski definition) is 1. The lowest BCUT2D eigenvalue weighted by molar-refractivity contribution is 0.640. The molecule has 2 heteroatoms. The molecule has 108 valence electrons. The van der Waals surface area contributed by atoms with E-state index in [4.69, 9.17) is 0 Å². The van der Waals surface area contributed by atoms with Crippen LogP contribution in [0.1, 0.15) is 35.9 Å². The Morgan fingerprint density at radius 3 is 2.43 bits per heavy atom. The van der Waals surface area contributed by atoms with E-state index in [9.17, 15) is 0 Å². The maximum absolute atomic E-state index is 3.62. The second-order valence-corrected chi connectivity index (χ2v) is 6.39. The van der Waals surface area contributed by atoms with Gasteiger partial charge < -0.3 is 5.32 Å². The molecule has 0 aliphatic carbocycles. The highest BCUT2D eigenvalue weighted by molar-refractivity contribution is 7.19. The Hall–Kier alpha value is -1.64.